The number of rotatable bonds is 7. The molecular formula is C22H27IN2O5S. The van der Waals surface area contributed by atoms with Gasteiger partial charge < -0.3 is 14.4 Å². The van der Waals surface area contributed by atoms with Crippen molar-refractivity contribution in [2.75, 3.05) is 32.8 Å². The Bertz CT molecular complexity index is 881. The fraction of sp³-hybridized carbons (Fsp3) is 0.500. The summed E-state index contributed by atoms with van der Waals surface area (Å²) in [6, 6.07) is 3.68. The third-order valence-electron chi connectivity index (χ3n) is 5.04. The molecule has 3 rings (SSSR count). The molecule has 2 aliphatic rings. The minimum Gasteiger partial charge on any atom is -0.490 e. The molecule has 7 nitrogen and oxygen atoms in total. The Balaban J connectivity index is 1.77. The monoisotopic (exact) mass is 558 g/mol. The molecule has 2 fully saturated rings. The van der Waals surface area contributed by atoms with E-state index >= 15 is 0 Å². The minimum atomic E-state index is -0.431. The number of benzene rings is 1. The van der Waals surface area contributed by atoms with Gasteiger partial charge >= 0.3 is 0 Å². The van der Waals surface area contributed by atoms with E-state index in [0.29, 0.717) is 42.7 Å². The van der Waals surface area contributed by atoms with E-state index in [1.807, 2.05) is 19.9 Å². The van der Waals surface area contributed by atoms with Crippen LogP contribution in [0.3, 0.4) is 0 Å². The molecule has 0 saturated carbocycles. The molecule has 1 aromatic rings. The molecule has 0 unspecified atom stereocenters. The number of likely N-dealkylation sites (tertiary alicyclic amines) is 1. The van der Waals surface area contributed by atoms with Crippen LogP contribution in [0.5, 0.6) is 11.5 Å². The first-order valence-corrected chi connectivity index (χ1v) is 12.5. The van der Waals surface area contributed by atoms with Crippen LogP contribution in [0, 0.1) is 3.57 Å². The molecule has 2 heterocycles. The highest BCUT2D eigenvalue weighted by atomic mass is 127. The Hall–Kier alpha value is -1.75. The Morgan fingerprint density at radius 3 is 2.42 bits per heavy atom. The number of imide groups is 1. The van der Waals surface area contributed by atoms with Crippen molar-refractivity contribution >= 4 is 57.5 Å². The maximum absolute atomic E-state index is 12.9. The molecule has 1 aromatic carbocycles. The molecule has 2 aliphatic heterocycles. The van der Waals surface area contributed by atoms with Gasteiger partial charge in [0.2, 0.25) is 5.91 Å². The number of halogens is 1. The summed E-state index contributed by atoms with van der Waals surface area (Å²) >= 11 is 3.03. The Morgan fingerprint density at radius 1 is 1.10 bits per heavy atom. The van der Waals surface area contributed by atoms with Crippen LogP contribution >= 0.6 is 34.4 Å². The van der Waals surface area contributed by atoms with Gasteiger partial charge in [0.05, 0.1) is 21.7 Å². The summed E-state index contributed by atoms with van der Waals surface area (Å²) < 4.78 is 12.2. The maximum atomic E-state index is 12.9. The van der Waals surface area contributed by atoms with Crippen LogP contribution in [-0.4, -0.2) is 59.7 Å². The third-order valence-corrected chi connectivity index (χ3v) is 6.75. The molecule has 168 valence electrons. The van der Waals surface area contributed by atoms with Gasteiger partial charge in [-0.3, -0.25) is 19.3 Å². The number of carbonyl (C=O) groups excluding carboxylic acids is 3. The number of hydrogen-bond donors (Lipinski definition) is 0. The van der Waals surface area contributed by atoms with Gasteiger partial charge in [0.1, 0.15) is 6.54 Å². The zero-order chi connectivity index (χ0) is 22.4. The predicted octanol–water partition coefficient (Wildman–Crippen LogP) is 4.53. The van der Waals surface area contributed by atoms with Crippen molar-refractivity contribution in [1.82, 2.24) is 9.80 Å². The van der Waals surface area contributed by atoms with Crippen molar-refractivity contribution in [3.05, 3.63) is 26.2 Å². The van der Waals surface area contributed by atoms with Gasteiger partial charge in [-0.15, -0.1) is 0 Å². The van der Waals surface area contributed by atoms with Gasteiger partial charge in [0.25, 0.3) is 11.1 Å². The summed E-state index contributed by atoms with van der Waals surface area (Å²) in [5.41, 5.74) is 0.737. The first-order valence-electron chi connectivity index (χ1n) is 10.6. The van der Waals surface area contributed by atoms with Crippen LogP contribution in [0.15, 0.2) is 17.0 Å². The topological polar surface area (TPSA) is 76.2 Å². The third kappa shape index (κ3) is 5.94. The standard InChI is InChI=1S/C22H27IN2O5S/c1-3-29-17-12-15(11-16(23)20(17)30-4-2)13-18-21(27)25(22(28)31-18)14-19(26)24-9-7-5-6-8-10-24/h11-13H,3-10,14H2,1-2H3. The van der Waals surface area contributed by atoms with Crippen LogP contribution in [0.4, 0.5) is 4.79 Å². The molecule has 0 aliphatic carbocycles. The molecule has 2 saturated heterocycles. The smallest absolute Gasteiger partial charge is 0.294 e. The summed E-state index contributed by atoms with van der Waals surface area (Å²) in [7, 11) is 0. The number of amides is 3. The lowest BCUT2D eigenvalue weighted by Crippen LogP contribution is -2.42. The average Bonchev–Trinajstić information content (AvgIpc) is 2.94. The SMILES string of the molecule is CCOc1cc(C=C2SC(=O)N(CC(=O)N3CCCCCC3)C2=O)cc(I)c1OCC. The van der Waals surface area contributed by atoms with Gasteiger partial charge in [0, 0.05) is 13.1 Å². The van der Waals surface area contributed by atoms with E-state index in [1.54, 1.807) is 17.0 Å². The molecule has 0 spiro atoms. The van der Waals surface area contributed by atoms with E-state index < -0.39 is 11.1 Å². The average molecular weight is 558 g/mol. The lowest BCUT2D eigenvalue weighted by Gasteiger charge is -2.22. The van der Waals surface area contributed by atoms with Crippen molar-refractivity contribution in [2.24, 2.45) is 0 Å². The number of hydrogen-bond acceptors (Lipinski definition) is 6. The first kappa shape index (κ1) is 23.9. The molecule has 3 amide bonds. The molecule has 0 bridgehead atoms. The molecule has 9 heteroatoms. The highest BCUT2D eigenvalue weighted by Crippen LogP contribution is 2.37. The molecular weight excluding hydrogens is 531 g/mol. The molecule has 0 aromatic heterocycles. The van der Waals surface area contributed by atoms with Gasteiger partial charge in [-0.2, -0.15) is 0 Å². The van der Waals surface area contributed by atoms with Crippen LogP contribution in [0.1, 0.15) is 45.1 Å². The highest BCUT2D eigenvalue weighted by molar-refractivity contribution is 14.1. The summed E-state index contributed by atoms with van der Waals surface area (Å²) in [4.78, 5) is 41.1. The number of thioether (sulfide) groups is 1. The summed E-state index contributed by atoms with van der Waals surface area (Å²) in [5.74, 6) is 0.663. The zero-order valence-electron chi connectivity index (χ0n) is 17.8. The van der Waals surface area contributed by atoms with Crippen LogP contribution in [0.2, 0.25) is 0 Å². The Morgan fingerprint density at radius 2 is 1.77 bits per heavy atom. The number of ether oxygens (including phenoxy) is 2. The largest absolute Gasteiger partial charge is 0.490 e. The van der Waals surface area contributed by atoms with Crippen molar-refractivity contribution in [1.29, 1.82) is 0 Å². The van der Waals surface area contributed by atoms with Gasteiger partial charge in [-0.1, -0.05) is 12.8 Å². The fourth-order valence-electron chi connectivity index (χ4n) is 3.56. The fourth-order valence-corrected chi connectivity index (χ4v) is 5.18. The van der Waals surface area contributed by atoms with Crippen molar-refractivity contribution in [3.8, 4) is 11.5 Å². The second kappa shape index (κ2) is 11.2. The second-order valence-corrected chi connectivity index (χ2v) is 9.41. The van der Waals surface area contributed by atoms with Gasteiger partial charge in [-0.05, 0) is 84.8 Å². The van der Waals surface area contributed by atoms with E-state index in [9.17, 15) is 14.4 Å². The molecule has 0 radical (unpaired) electrons. The van der Waals surface area contributed by atoms with Crippen molar-refractivity contribution in [3.63, 3.8) is 0 Å². The summed E-state index contributed by atoms with van der Waals surface area (Å²) in [6.07, 6.45) is 5.82. The predicted molar refractivity (Wildman–Crippen MR) is 129 cm³/mol. The van der Waals surface area contributed by atoms with Crippen LogP contribution in [0.25, 0.3) is 6.08 Å². The summed E-state index contributed by atoms with van der Waals surface area (Å²) in [6.45, 7) is 5.97. The minimum absolute atomic E-state index is 0.167. The van der Waals surface area contributed by atoms with Crippen molar-refractivity contribution < 1.29 is 23.9 Å². The number of carbonyl (C=O) groups is 3. The second-order valence-electron chi connectivity index (χ2n) is 7.26. The normalized spacial score (nSPS) is 18.5. The molecule has 31 heavy (non-hydrogen) atoms. The van der Waals surface area contributed by atoms with E-state index in [1.165, 1.54) is 0 Å². The maximum Gasteiger partial charge on any atom is 0.294 e. The first-order chi connectivity index (χ1) is 14.9. The van der Waals surface area contributed by atoms with Gasteiger partial charge in [-0.25, -0.2) is 0 Å². The van der Waals surface area contributed by atoms with E-state index in [4.69, 9.17) is 9.47 Å². The lowest BCUT2D eigenvalue weighted by molar-refractivity contribution is -0.135. The van der Waals surface area contributed by atoms with E-state index in [-0.39, 0.29) is 12.5 Å². The quantitative estimate of drug-likeness (QED) is 0.362. The molecule has 0 atom stereocenters. The molecule has 0 N–H and O–H groups in total. The zero-order valence-corrected chi connectivity index (χ0v) is 20.8. The number of nitrogens with zero attached hydrogens (tertiary/aromatic N) is 2. The Kier molecular flexibility index (Phi) is 8.65. The van der Waals surface area contributed by atoms with Crippen LogP contribution < -0.4 is 9.47 Å². The highest BCUT2D eigenvalue weighted by Gasteiger charge is 2.37. The van der Waals surface area contributed by atoms with E-state index in [2.05, 4.69) is 22.6 Å². The van der Waals surface area contributed by atoms with Crippen molar-refractivity contribution in [2.45, 2.75) is 39.5 Å². The Labute approximate surface area is 200 Å². The van der Waals surface area contributed by atoms with Crippen LogP contribution in [-0.2, 0) is 9.59 Å². The van der Waals surface area contributed by atoms with Gasteiger partial charge in [0.15, 0.2) is 11.5 Å². The summed E-state index contributed by atoms with van der Waals surface area (Å²) in [5, 5.41) is -0.412. The van der Waals surface area contributed by atoms with E-state index in [0.717, 1.165) is 51.5 Å². The lowest BCUT2D eigenvalue weighted by atomic mass is 10.2.